The Kier molecular flexibility index (Phi) is 4.80. The van der Waals surface area contributed by atoms with Crippen molar-refractivity contribution < 1.29 is 4.92 Å². The fourth-order valence-electron chi connectivity index (χ4n) is 2.27. The first kappa shape index (κ1) is 16.7. The molecule has 0 saturated carbocycles. The molecule has 0 aliphatic carbocycles. The lowest BCUT2D eigenvalue weighted by atomic mass is 10.3. The number of nitro benzene ring substituents is 1. The first-order valence-electron chi connectivity index (χ1n) is 7.48. The van der Waals surface area contributed by atoms with Crippen molar-refractivity contribution >= 4 is 28.4 Å². The van der Waals surface area contributed by atoms with Gasteiger partial charge in [-0.1, -0.05) is 12.1 Å². The van der Waals surface area contributed by atoms with Crippen LogP contribution in [0.2, 0.25) is 0 Å². The lowest BCUT2D eigenvalue weighted by Crippen LogP contribution is -2.01. The number of rotatable bonds is 5. The number of hydrogen-bond acceptors (Lipinski definition) is 7. The second kappa shape index (κ2) is 7.18. The quantitative estimate of drug-likeness (QED) is 0.420. The van der Waals surface area contributed by atoms with E-state index in [1.54, 1.807) is 30.6 Å². The van der Waals surface area contributed by atoms with E-state index in [1.807, 2.05) is 26.0 Å². The monoisotopic (exact) mass is 353 g/mol. The summed E-state index contributed by atoms with van der Waals surface area (Å²) >= 11 is 1.51. The van der Waals surface area contributed by atoms with Crippen LogP contribution in [0.3, 0.4) is 0 Å². The molecule has 0 aliphatic rings. The summed E-state index contributed by atoms with van der Waals surface area (Å²) < 4.78 is 0. The lowest BCUT2D eigenvalue weighted by molar-refractivity contribution is -0.384. The van der Waals surface area contributed by atoms with Gasteiger partial charge in [0.15, 0.2) is 0 Å². The van der Waals surface area contributed by atoms with Gasteiger partial charge >= 0.3 is 0 Å². The molecular formula is C17H15N5O2S. The summed E-state index contributed by atoms with van der Waals surface area (Å²) in [5, 5.41) is 16.2. The number of nitro groups is 1. The van der Waals surface area contributed by atoms with Crippen molar-refractivity contribution in [2.45, 2.75) is 13.8 Å². The molecule has 7 nitrogen and oxygen atoms in total. The highest BCUT2D eigenvalue weighted by Gasteiger charge is 2.14. The van der Waals surface area contributed by atoms with E-state index in [0.29, 0.717) is 11.4 Å². The van der Waals surface area contributed by atoms with Crippen LogP contribution in [-0.4, -0.2) is 20.6 Å². The molecule has 2 aromatic heterocycles. The zero-order chi connectivity index (χ0) is 17.8. The smallest absolute Gasteiger partial charge is 0.271 e. The predicted molar refractivity (Wildman–Crippen MR) is 99.0 cm³/mol. The van der Waals surface area contributed by atoms with Gasteiger partial charge in [0.1, 0.15) is 10.7 Å². The second-order valence-corrected chi connectivity index (χ2v) is 6.26. The molecule has 25 heavy (non-hydrogen) atoms. The van der Waals surface area contributed by atoms with Crippen molar-refractivity contribution in [1.29, 1.82) is 0 Å². The third-order valence-corrected chi connectivity index (χ3v) is 4.79. The molecule has 1 aromatic carbocycles. The van der Waals surface area contributed by atoms with Gasteiger partial charge in [-0.15, -0.1) is 11.3 Å². The minimum atomic E-state index is -0.439. The number of aromatic nitrogens is 2. The molecule has 0 fully saturated rings. The van der Waals surface area contributed by atoms with E-state index in [2.05, 4.69) is 20.5 Å². The molecule has 0 aliphatic heterocycles. The fourth-order valence-corrected chi connectivity index (χ4v) is 3.27. The van der Waals surface area contributed by atoms with Crippen LogP contribution in [0.25, 0.3) is 10.6 Å². The number of hydrogen-bond donors (Lipinski definition) is 1. The molecule has 0 unspecified atom stereocenters. The highest BCUT2D eigenvalue weighted by molar-refractivity contribution is 7.17. The summed E-state index contributed by atoms with van der Waals surface area (Å²) in [6.07, 6.45) is 3.48. The van der Waals surface area contributed by atoms with E-state index in [0.717, 1.165) is 21.1 Å². The summed E-state index contributed by atoms with van der Waals surface area (Å²) in [4.78, 5) is 20.2. The van der Waals surface area contributed by atoms with E-state index in [4.69, 9.17) is 0 Å². The second-order valence-electron chi connectivity index (χ2n) is 5.26. The SMILES string of the molecule is CC(=NNc1ccccc1[N+](=O)[O-])c1sc(-c2cccnc2)nc1C. The molecule has 0 spiro atoms. The summed E-state index contributed by atoms with van der Waals surface area (Å²) in [7, 11) is 0. The predicted octanol–water partition coefficient (Wildman–Crippen LogP) is 4.26. The largest absolute Gasteiger partial charge is 0.294 e. The Morgan fingerprint density at radius 3 is 2.80 bits per heavy atom. The first-order chi connectivity index (χ1) is 12.1. The molecule has 0 amide bonds. The number of para-hydroxylation sites is 2. The molecule has 1 N–H and O–H groups in total. The fraction of sp³-hybridized carbons (Fsp3) is 0.118. The van der Waals surface area contributed by atoms with Gasteiger partial charge in [-0.25, -0.2) is 4.98 Å². The normalized spacial score (nSPS) is 11.4. The average molecular weight is 353 g/mol. The van der Waals surface area contributed by atoms with Gasteiger partial charge in [-0.05, 0) is 32.0 Å². The summed E-state index contributed by atoms with van der Waals surface area (Å²) in [6, 6.07) is 10.2. The van der Waals surface area contributed by atoms with Gasteiger partial charge in [-0.3, -0.25) is 20.5 Å². The molecule has 0 bridgehead atoms. The zero-order valence-electron chi connectivity index (χ0n) is 13.6. The Morgan fingerprint density at radius 1 is 1.28 bits per heavy atom. The first-order valence-corrected chi connectivity index (χ1v) is 8.30. The molecule has 2 heterocycles. The van der Waals surface area contributed by atoms with Gasteiger partial charge in [0, 0.05) is 24.0 Å². The number of nitrogens with zero attached hydrogens (tertiary/aromatic N) is 4. The van der Waals surface area contributed by atoms with E-state index in [-0.39, 0.29) is 5.69 Å². The standard InChI is InChI=1S/C17H15N5O2S/c1-11-16(25-17(19-11)13-6-5-9-18-10-13)12(2)20-21-14-7-3-4-8-15(14)22(23)24/h3-10,21H,1-2H3. The number of hydrazone groups is 1. The van der Waals surface area contributed by atoms with Crippen molar-refractivity contribution in [1.82, 2.24) is 9.97 Å². The maximum Gasteiger partial charge on any atom is 0.294 e. The molecule has 126 valence electrons. The Bertz CT molecular complexity index is 937. The summed E-state index contributed by atoms with van der Waals surface area (Å²) in [5.41, 5.74) is 5.63. The Labute approximate surface area is 148 Å². The highest BCUT2D eigenvalue weighted by atomic mass is 32.1. The molecule has 3 rings (SSSR count). The third-order valence-electron chi connectivity index (χ3n) is 3.48. The van der Waals surface area contributed by atoms with Gasteiger partial charge in [-0.2, -0.15) is 5.10 Å². The Morgan fingerprint density at radius 2 is 2.08 bits per heavy atom. The van der Waals surface area contributed by atoms with Crippen LogP contribution in [0.1, 0.15) is 17.5 Å². The topological polar surface area (TPSA) is 93.3 Å². The zero-order valence-corrected chi connectivity index (χ0v) is 14.4. The maximum atomic E-state index is 11.1. The van der Waals surface area contributed by atoms with Crippen LogP contribution in [0.5, 0.6) is 0 Å². The number of anilines is 1. The molecule has 8 heteroatoms. The summed E-state index contributed by atoms with van der Waals surface area (Å²) in [5.74, 6) is 0. The molecule has 0 radical (unpaired) electrons. The van der Waals surface area contributed by atoms with Crippen molar-refractivity contribution in [2.24, 2.45) is 5.10 Å². The Hall–Kier alpha value is -3.13. The van der Waals surface area contributed by atoms with Gasteiger partial charge in [0.2, 0.25) is 0 Å². The number of aryl methyl sites for hydroxylation is 1. The lowest BCUT2D eigenvalue weighted by Gasteiger charge is -2.03. The van der Waals surface area contributed by atoms with Crippen molar-refractivity contribution in [3.63, 3.8) is 0 Å². The molecular weight excluding hydrogens is 338 g/mol. The van der Waals surface area contributed by atoms with Crippen molar-refractivity contribution in [3.8, 4) is 10.6 Å². The number of nitrogens with one attached hydrogen (secondary N) is 1. The van der Waals surface area contributed by atoms with E-state index >= 15 is 0 Å². The molecule has 0 atom stereocenters. The number of thiazole rings is 1. The van der Waals surface area contributed by atoms with Crippen LogP contribution < -0.4 is 5.43 Å². The highest BCUT2D eigenvalue weighted by Crippen LogP contribution is 2.28. The number of benzene rings is 1. The van der Waals surface area contributed by atoms with Gasteiger partial charge in [0.25, 0.3) is 5.69 Å². The third kappa shape index (κ3) is 3.69. The van der Waals surface area contributed by atoms with Crippen LogP contribution in [0.4, 0.5) is 11.4 Å². The van der Waals surface area contributed by atoms with Crippen LogP contribution in [0, 0.1) is 17.0 Å². The average Bonchev–Trinajstić information content (AvgIpc) is 3.02. The van der Waals surface area contributed by atoms with Gasteiger partial charge in [0.05, 0.1) is 21.2 Å². The maximum absolute atomic E-state index is 11.1. The van der Waals surface area contributed by atoms with Crippen LogP contribution >= 0.6 is 11.3 Å². The van der Waals surface area contributed by atoms with Crippen LogP contribution in [0.15, 0.2) is 53.9 Å². The van der Waals surface area contributed by atoms with E-state index in [9.17, 15) is 10.1 Å². The Balaban J connectivity index is 1.87. The molecule has 0 saturated heterocycles. The van der Waals surface area contributed by atoms with Crippen molar-refractivity contribution in [3.05, 3.63) is 69.5 Å². The van der Waals surface area contributed by atoms with E-state index < -0.39 is 4.92 Å². The molecule has 3 aromatic rings. The van der Waals surface area contributed by atoms with Gasteiger partial charge < -0.3 is 0 Å². The minimum absolute atomic E-state index is 0.0175. The van der Waals surface area contributed by atoms with E-state index in [1.165, 1.54) is 17.4 Å². The minimum Gasteiger partial charge on any atom is -0.271 e. The van der Waals surface area contributed by atoms with Crippen molar-refractivity contribution in [2.75, 3.05) is 5.43 Å². The number of pyridine rings is 1. The summed E-state index contributed by atoms with van der Waals surface area (Å²) in [6.45, 7) is 3.75. The van der Waals surface area contributed by atoms with Crippen LogP contribution in [-0.2, 0) is 0 Å².